The van der Waals surface area contributed by atoms with Crippen molar-refractivity contribution in [2.75, 3.05) is 33.7 Å². The van der Waals surface area contributed by atoms with Crippen molar-refractivity contribution in [3.63, 3.8) is 0 Å². The van der Waals surface area contributed by atoms with Crippen molar-refractivity contribution in [3.8, 4) is 0 Å². The molecule has 0 aromatic rings. The van der Waals surface area contributed by atoms with Crippen LogP contribution >= 0.6 is 0 Å². The molecule has 0 rings (SSSR count). The number of hydrogen-bond donors (Lipinski definition) is 4. The van der Waals surface area contributed by atoms with Gasteiger partial charge in [-0.15, -0.1) is 0 Å². The molecule has 0 aromatic carbocycles. The molecule has 0 radical (unpaired) electrons. The van der Waals surface area contributed by atoms with Gasteiger partial charge in [-0.25, -0.2) is 4.79 Å². The molecule has 0 spiro atoms. The highest BCUT2D eigenvalue weighted by molar-refractivity contribution is 5.74. The highest BCUT2D eigenvalue weighted by Crippen LogP contribution is 2.14. The number of aliphatic carboxylic acids is 1. The summed E-state index contributed by atoms with van der Waals surface area (Å²) in [4.78, 5) is 24.2. The van der Waals surface area contributed by atoms with E-state index in [1.807, 2.05) is 32.8 Å². The predicted octanol–water partition coefficient (Wildman–Crippen LogP) is 0.0991. The molecule has 7 heteroatoms. The number of carbonyl (C=O) groups excluding carboxylic acids is 1. The van der Waals surface area contributed by atoms with Gasteiger partial charge in [0.15, 0.2) is 0 Å². The van der Waals surface area contributed by atoms with Crippen molar-refractivity contribution in [1.29, 1.82) is 0 Å². The zero-order valence-electron chi connectivity index (χ0n) is 13.0. The maximum Gasteiger partial charge on any atom is 0.314 e. The molecule has 0 aliphatic carbocycles. The molecule has 0 aromatic heterocycles. The summed E-state index contributed by atoms with van der Waals surface area (Å²) in [5, 5.41) is 23.6. The van der Waals surface area contributed by atoms with Crippen molar-refractivity contribution in [1.82, 2.24) is 15.5 Å². The molecule has 7 nitrogen and oxygen atoms in total. The van der Waals surface area contributed by atoms with Gasteiger partial charge in [0, 0.05) is 19.6 Å². The smallest absolute Gasteiger partial charge is 0.314 e. The summed E-state index contributed by atoms with van der Waals surface area (Å²) < 4.78 is 0. The van der Waals surface area contributed by atoms with E-state index in [0.29, 0.717) is 6.54 Å². The maximum atomic E-state index is 11.6. The number of carboxylic acid groups (broad SMARTS) is 1. The first-order valence-corrected chi connectivity index (χ1v) is 6.54. The number of nitrogens with zero attached hydrogens (tertiary/aromatic N) is 1. The zero-order valence-corrected chi connectivity index (χ0v) is 13.0. The lowest BCUT2D eigenvalue weighted by atomic mass is 9.93. The molecule has 0 aliphatic rings. The molecule has 0 bridgehead atoms. The molecule has 0 aliphatic heterocycles. The van der Waals surface area contributed by atoms with Crippen LogP contribution in [0.15, 0.2) is 0 Å². The van der Waals surface area contributed by atoms with Crippen LogP contribution in [0.25, 0.3) is 0 Å². The molecule has 0 heterocycles. The van der Waals surface area contributed by atoms with E-state index in [0.717, 1.165) is 6.54 Å². The number of urea groups is 1. The Kier molecular flexibility index (Phi) is 6.95. The lowest BCUT2D eigenvalue weighted by Crippen LogP contribution is -2.48. The summed E-state index contributed by atoms with van der Waals surface area (Å²) in [5.41, 5.74) is -1.53. The lowest BCUT2D eigenvalue weighted by Gasteiger charge is -2.29. The third-order valence-electron chi connectivity index (χ3n) is 2.63. The fraction of sp³-hybridized carbons (Fsp3) is 0.846. The van der Waals surface area contributed by atoms with Gasteiger partial charge in [0.1, 0.15) is 0 Å². The highest BCUT2D eigenvalue weighted by atomic mass is 16.4. The third kappa shape index (κ3) is 9.57. The van der Waals surface area contributed by atoms with Gasteiger partial charge in [-0.1, -0.05) is 13.8 Å². The fourth-order valence-electron chi connectivity index (χ4n) is 1.95. The van der Waals surface area contributed by atoms with Crippen LogP contribution in [0, 0.1) is 5.41 Å². The molecule has 1 atom stereocenters. The zero-order chi connectivity index (χ0) is 16.0. The quantitative estimate of drug-likeness (QED) is 0.507. The van der Waals surface area contributed by atoms with Crippen LogP contribution < -0.4 is 10.6 Å². The summed E-state index contributed by atoms with van der Waals surface area (Å²) in [7, 11) is 3.93. The van der Waals surface area contributed by atoms with Gasteiger partial charge >= 0.3 is 12.0 Å². The molecule has 4 N–H and O–H groups in total. The molecule has 0 saturated carbocycles. The molecule has 0 fully saturated rings. The van der Waals surface area contributed by atoms with Gasteiger partial charge in [-0.3, -0.25) is 4.79 Å². The normalized spacial score (nSPS) is 14.8. The minimum Gasteiger partial charge on any atom is -0.481 e. The summed E-state index contributed by atoms with van der Waals surface area (Å²) in [6, 6.07) is -0.414. The van der Waals surface area contributed by atoms with E-state index in [4.69, 9.17) is 5.11 Å². The van der Waals surface area contributed by atoms with Gasteiger partial charge < -0.3 is 25.7 Å². The Bertz CT molecular complexity index is 341. The Morgan fingerprint density at radius 1 is 1.10 bits per heavy atom. The number of amides is 2. The minimum atomic E-state index is -1.46. The van der Waals surface area contributed by atoms with E-state index in [1.165, 1.54) is 6.92 Å². The topological polar surface area (TPSA) is 102 Å². The Hall–Kier alpha value is -1.34. The van der Waals surface area contributed by atoms with Gasteiger partial charge in [0.25, 0.3) is 0 Å². The Labute approximate surface area is 120 Å². The number of carbonyl (C=O) groups is 2. The van der Waals surface area contributed by atoms with Gasteiger partial charge in [0.2, 0.25) is 0 Å². The lowest BCUT2D eigenvalue weighted by molar-refractivity contribution is -0.141. The summed E-state index contributed by atoms with van der Waals surface area (Å²) in [6.45, 7) is 6.64. The van der Waals surface area contributed by atoms with Crippen LogP contribution in [0.1, 0.15) is 27.2 Å². The van der Waals surface area contributed by atoms with Gasteiger partial charge in [-0.2, -0.15) is 0 Å². The molecular formula is C13H27N3O4. The molecule has 118 valence electrons. The first-order chi connectivity index (χ1) is 8.93. The van der Waals surface area contributed by atoms with Crippen LogP contribution in [0.3, 0.4) is 0 Å². The van der Waals surface area contributed by atoms with Crippen molar-refractivity contribution in [2.45, 2.75) is 32.8 Å². The van der Waals surface area contributed by atoms with E-state index in [1.54, 1.807) is 0 Å². The standard InChI is InChI=1S/C13H27N3O4/c1-12(2,9-16(4)5)7-14-11(19)15-8-13(3,20)6-10(17)18/h20H,6-9H2,1-5H3,(H,17,18)(H2,14,15,19). The maximum absolute atomic E-state index is 11.6. The number of hydrogen-bond acceptors (Lipinski definition) is 4. The average molecular weight is 289 g/mol. The molecule has 0 saturated heterocycles. The van der Waals surface area contributed by atoms with Crippen molar-refractivity contribution in [2.24, 2.45) is 5.41 Å². The van der Waals surface area contributed by atoms with E-state index in [-0.39, 0.29) is 12.0 Å². The van der Waals surface area contributed by atoms with Crippen LogP contribution in [-0.2, 0) is 4.79 Å². The van der Waals surface area contributed by atoms with Crippen molar-refractivity contribution < 1.29 is 19.8 Å². The SMILES string of the molecule is CN(C)CC(C)(C)CNC(=O)NCC(C)(O)CC(=O)O. The van der Waals surface area contributed by atoms with Gasteiger partial charge in [-0.05, 0) is 26.4 Å². The van der Waals surface area contributed by atoms with Crippen LogP contribution in [0.5, 0.6) is 0 Å². The summed E-state index contributed by atoms with van der Waals surface area (Å²) >= 11 is 0. The van der Waals surface area contributed by atoms with E-state index < -0.39 is 24.0 Å². The van der Waals surface area contributed by atoms with Gasteiger partial charge in [0.05, 0.1) is 12.0 Å². The number of nitrogens with one attached hydrogen (secondary N) is 2. The van der Waals surface area contributed by atoms with Crippen LogP contribution in [0.2, 0.25) is 0 Å². The Morgan fingerprint density at radius 2 is 1.60 bits per heavy atom. The van der Waals surface area contributed by atoms with E-state index >= 15 is 0 Å². The molecule has 2 amide bonds. The first-order valence-electron chi connectivity index (χ1n) is 6.54. The number of aliphatic hydroxyl groups is 1. The van der Waals surface area contributed by atoms with E-state index in [9.17, 15) is 14.7 Å². The molecule has 1 unspecified atom stereocenters. The summed E-state index contributed by atoms with van der Waals surface area (Å²) in [5.74, 6) is -1.11. The second-order valence-corrected chi connectivity index (χ2v) is 6.51. The van der Waals surface area contributed by atoms with Crippen molar-refractivity contribution >= 4 is 12.0 Å². The third-order valence-corrected chi connectivity index (χ3v) is 2.63. The Morgan fingerprint density at radius 3 is 2.05 bits per heavy atom. The van der Waals surface area contributed by atoms with Crippen LogP contribution in [-0.4, -0.2) is 66.4 Å². The van der Waals surface area contributed by atoms with Crippen molar-refractivity contribution in [3.05, 3.63) is 0 Å². The Balaban J connectivity index is 4.09. The van der Waals surface area contributed by atoms with Crippen LogP contribution in [0.4, 0.5) is 4.79 Å². The largest absolute Gasteiger partial charge is 0.481 e. The molecule has 20 heavy (non-hydrogen) atoms. The first kappa shape index (κ1) is 18.7. The second-order valence-electron chi connectivity index (χ2n) is 6.51. The summed E-state index contributed by atoms with van der Waals surface area (Å²) in [6.07, 6.45) is -0.417. The number of rotatable bonds is 8. The monoisotopic (exact) mass is 289 g/mol. The minimum absolute atomic E-state index is 0.0789. The number of carboxylic acids is 1. The second kappa shape index (κ2) is 7.44. The molecular weight excluding hydrogens is 262 g/mol. The average Bonchev–Trinajstić information content (AvgIpc) is 2.20. The predicted molar refractivity (Wildman–Crippen MR) is 76.6 cm³/mol. The fourth-order valence-corrected chi connectivity index (χ4v) is 1.95. The van der Waals surface area contributed by atoms with E-state index in [2.05, 4.69) is 10.6 Å². The highest BCUT2D eigenvalue weighted by Gasteiger charge is 2.25.